The normalized spacial score (nSPS) is 10.2. The third-order valence-corrected chi connectivity index (χ3v) is 4.36. The first-order valence-corrected chi connectivity index (χ1v) is 8.53. The summed E-state index contributed by atoms with van der Waals surface area (Å²) in [7, 11) is 1.58. The van der Waals surface area contributed by atoms with Crippen LogP contribution in [0, 0.1) is 5.82 Å². The van der Waals surface area contributed by atoms with Gasteiger partial charge in [-0.3, -0.25) is 9.59 Å². The molecule has 0 bridgehead atoms. The summed E-state index contributed by atoms with van der Waals surface area (Å²) in [5, 5.41) is 5.40. The lowest BCUT2D eigenvalue weighted by Crippen LogP contribution is -2.23. The minimum atomic E-state index is -0.264. The molecule has 0 aliphatic rings. The van der Waals surface area contributed by atoms with E-state index in [0.717, 1.165) is 10.5 Å². The van der Waals surface area contributed by atoms with Gasteiger partial charge in [-0.25, -0.2) is 4.39 Å². The van der Waals surface area contributed by atoms with Gasteiger partial charge < -0.3 is 10.6 Å². The second-order valence-corrected chi connectivity index (χ2v) is 6.27. The molecule has 0 fully saturated rings. The predicted octanol–water partition coefficient (Wildman–Crippen LogP) is 2.98. The SMILES string of the molecule is CNC(=O)c1ccc(CNC(=O)CCSc2ccc(F)cc2)cc1. The van der Waals surface area contributed by atoms with E-state index in [0.29, 0.717) is 24.3 Å². The Bertz CT molecular complexity index is 687. The molecule has 0 radical (unpaired) electrons. The zero-order chi connectivity index (χ0) is 17.4. The van der Waals surface area contributed by atoms with E-state index < -0.39 is 0 Å². The number of thioether (sulfide) groups is 1. The second kappa shape index (κ2) is 9.08. The molecule has 0 heterocycles. The monoisotopic (exact) mass is 346 g/mol. The lowest BCUT2D eigenvalue weighted by atomic mass is 10.1. The largest absolute Gasteiger partial charge is 0.355 e. The number of benzene rings is 2. The topological polar surface area (TPSA) is 58.2 Å². The van der Waals surface area contributed by atoms with Crippen molar-refractivity contribution in [3.05, 3.63) is 65.5 Å². The third kappa shape index (κ3) is 5.70. The van der Waals surface area contributed by atoms with Crippen LogP contribution in [0.2, 0.25) is 0 Å². The van der Waals surface area contributed by atoms with Crippen molar-refractivity contribution in [2.24, 2.45) is 0 Å². The van der Waals surface area contributed by atoms with Crippen LogP contribution in [-0.4, -0.2) is 24.6 Å². The molecule has 2 amide bonds. The zero-order valence-corrected chi connectivity index (χ0v) is 14.2. The summed E-state index contributed by atoms with van der Waals surface area (Å²) in [6.45, 7) is 0.425. The van der Waals surface area contributed by atoms with E-state index in [-0.39, 0.29) is 17.6 Å². The highest BCUT2D eigenvalue weighted by Crippen LogP contribution is 2.18. The lowest BCUT2D eigenvalue weighted by molar-refractivity contribution is -0.120. The molecule has 2 rings (SSSR count). The van der Waals surface area contributed by atoms with E-state index in [2.05, 4.69) is 10.6 Å². The number of hydrogen-bond donors (Lipinski definition) is 2. The summed E-state index contributed by atoms with van der Waals surface area (Å²) in [5.41, 5.74) is 1.52. The summed E-state index contributed by atoms with van der Waals surface area (Å²) in [6, 6.07) is 13.3. The van der Waals surface area contributed by atoms with Gasteiger partial charge in [0.2, 0.25) is 5.91 Å². The van der Waals surface area contributed by atoms with Crippen LogP contribution in [-0.2, 0) is 11.3 Å². The lowest BCUT2D eigenvalue weighted by Gasteiger charge is -2.06. The van der Waals surface area contributed by atoms with Crippen molar-refractivity contribution in [1.29, 1.82) is 0 Å². The van der Waals surface area contributed by atoms with Crippen molar-refractivity contribution in [1.82, 2.24) is 10.6 Å². The number of carbonyl (C=O) groups excluding carboxylic acids is 2. The average molecular weight is 346 g/mol. The number of nitrogens with one attached hydrogen (secondary N) is 2. The molecular formula is C18H19FN2O2S. The molecule has 2 aromatic carbocycles. The maximum Gasteiger partial charge on any atom is 0.251 e. The molecular weight excluding hydrogens is 327 g/mol. The molecule has 0 aromatic heterocycles. The van der Waals surface area contributed by atoms with Crippen molar-refractivity contribution < 1.29 is 14.0 Å². The molecule has 2 N–H and O–H groups in total. The minimum absolute atomic E-state index is 0.0417. The van der Waals surface area contributed by atoms with Gasteiger partial charge in [-0.15, -0.1) is 11.8 Å². The number of halogens is 1. The Balaban J connectivity index is 1.71. The van der Waals surface area contributed by atoms with Crippen LogP contribution < -0.4 is 10.6 Å². The highest BCUT2D eigenvalue weighted by Gasteiger charge is 2.05. The molecule has 0 spiro atoms. The Morgan fingerprint density at radius 3 is 2.33 bits per heavy atom. The maximum absolute atomic E-state index is 12.8. The highest BCUT2D eigenvalue weighted by molar-refractivity contribution is 7.99. The van der Waals surface area contributed by atoms with Gasteiger partial charge in [0.15, 0.2) is 0 Å². The van der Waals surface area contributed by atoms with Gasteiger partial charge in [0, 0.05) is 36.2 Å². The van der Waals surface area contributed by atoms with E-state index in [1.165, 1.54) is 23.9 Å². The molecule has 0 aliphatic heterocycles. The Morgan fingerprint density at radius 2 is 1.71 bits per heavy atom. The molecule has 0 aliphatic carbocycles. The fraction of sp³-hybridized carbons (Fsp3) is 0.222. The van der Waals surface area contributed by atoms with Gasteiger partial charge >= 0.3 is 0 Å². The van der Waals surface area contributed by atoms with Crippen LogP contribution in [0.15, 0.2) is 53.4 Å². The third-order valence-electron chi connectivity index (χ3n) is 3.34. The van der Waals surface area contributed by atoms with Gasteiger partial charge in [0.25, 0.3) is 5.91 Å². The number of carbonyl (C=O) groups is 2. The number of hydrogen-bond acceptors (Lipinski definition) is 3. The van der Waals surface area contributed by atoms with Crippen LogP contribution in [0.4, 0.5) is 4.39 Å². The molecule has 6 heteroatoms. The van der Waals surface area contributed by atoms with Crippen LogP contribution >= 0.6 is 11.8 Å². The highest BCUT2D eigenvalue weighted by atomic mass is 32.2. The standard InChI is InChI=1S/C18H19FN2O2S/c1-20-18(23)14-4-2-13(3-5-14)12-21-17(22)10-11-24-16-8-6-15(19)7-9-16/h2-9H,10-12H2,1H3,(H,20,23)(H,21,22). The molecule has 4 nitrogen and oxygen atoms in total. The van der Waals surface area contributed by atoms with Crippen molar-refractivity contribution in [3.63, 3.8) is 0 Å². The van der Waals surface area contributed by atoms with E-state index in [9.17, 15) is 14.0 Å². The van der Waals surface area contributed by atoms with E-state index in [4.69, 9.17) is 0 Å². The van der Waals surface area contributed by atoms with Crippen LogP contribution in [0.1, 0.15) is 22.3 Å². The molecule has 0 atom stereocenters. The Labute approximate surface area is 144 Å². The minimum Gasteiger partial charge on any atom is -0.355 e. The zero-order valence-electron chi connectivity index (χ0n) is 13.3. The summed E-state index contributed by atoms with van der Waals surface area (Å²) in [6.07, 6.45) is 0.387. The van der Waals surface area contributed by atoms with Gasteiger partial charge in [0.05, 0.1) is 0 Å². The fourth-order valence-electron chi connectivity index (χ4n) is 2.00. The molecule has 2 aromatic rings. The predicted molar refractivity (Wildman–Crippen MR) is 93.4 cm³/mol. The first-order valence-electron chi connectivity index (χ1n) is 7.54. The second-order valence-electron chi connectivity index (χ2n) is 5.11. The summed E-state index contributed by atoms with van der Waals surface area (Å²) < 4.78 is 12.8. The summed E-state index contributed by atoms with van der Waals surface area (Å²) in [5.74, 6) is 0.190. The first-order chi connectivity index (χ1) is 11.6. The van der Waals surface area contributed by atoms with Crippen LogP contribution in [0.25, 0.3) is 0 Å². The molecule has 126 valence electrons. The van der Waals surface area contributed by atoms with Crippen LogP contribution in [0.3, 0.4) is 0 Å². The average Bonchev–Trinajstić information content (AvgIpc) is 2.61. The van der Waals surface area contributed by atoms with Crippen molar-refractivity contribution in [3.8, 4) is 0 Å². The Hall–Kier alpha value is -2.34. The van der Waals surface area contributed by atoms with Gasteiger partial charge in [-0.05, 0) is 42.0 Å². The fourth-order valence-corrected chi connectivity index (χ4v) is 2.85. The van der Waals surface area contributed by atoms with Crippen molar-refractivity contribution >= 4 is 23.6 Å². The Kier molecular flexibility index (Phi) is 6.81. The van der Waals surface area contributed by atoms with E-state index in [1.54, 1.807) is 31.3 Å². The maximum atomic E-state index is 12.8. The summed E-state index contributed by atoms with van der Waals surface area (Å²) in [4.78, 5) is 24.2. The van der Waals surface area contributed by atoms with E-state index >= 15 is 0 Å². The molecule has 0 unspecified atom stereocenters. The molecule has 0 saturated carbocycles. The smallest absolute Gasteiger partial charge is 0.251 e. The summed E-state index contributed by atoms with van der Waals surface area (Å²) >= 11 is 1.51. The van der Waals surface area contributed by atoms with Gasteiger partial charge in [0.1, 0.15) is 5.82 Å². The van der Waals surface area contributed by atoms with Crippen molar-refractivity contribution in [2.45, 2.75) is 17.9 Å². The first kappa shape index (κ1) is 18.0. The van der Waals surface area contributed by atoms with Gasteiger partial charge in [-0.1, -0.05) is 12.1 Å². The number of amides is 2. The number of rotatable bonds is 7. The van der Waals surface area contributed by atoms with E-state index in [1.807, 2.05) is 12.1 Å². The molecule has 0 saturated heterocycles. The van der Waals surface area contributed by atoms with Crippen molar-refractivity contribution in [2.75, 3.05) is 12.8 Å². The Morgan fingerprint density at radius 1 is 1.04 bits per heavy atom. The van der Waals surface area contributed by atoms with Gasteiger partial charge in [-0.2, -0.15) is 0 Å². The molecule has 24 heavy (non-hydrogen) atoms. The quantitative estimate of drug-likeness (QED) is 0.758. The van der Waals surface area contributed by atoms with Crippen LogP contribution in [0.5, 0.6) is 0 Å².